The molecule has 1 aliphatic heterocycles. The minimum atomic E-state index is -5.08. The van der Waals surface area contributed by atoms with E-state index in [2.05, 4.69) is 35.2 Å². The number of para-hydroxylation sites is 1. The quantitative estimate of drug-likeness (QED) is 0.205. The molecule has 0 bridgehead atoms. The molecule has 1 aromatic heterocycles. The van der Waals surface area contributed by atoms with Gasteiger partial charge in [0.15, 0.2) is 0 Å². The molecular formula is C35H29Cl2F3N2O3. The first-order valence-electron chi connectivity index (χ1n) is 14.3. The van der Waals surface area contributed by atoms with Crippen LogP contribution >= 0.6 is 23.2 Å². The van der Waals surface area contributed by atoms with E-state index in [1.807, 2.05) is 77.4 Å². The normalized spacial score (nSPS) is 14.2. The Morgan fingerprint density at radius 3 is 1.89 bits per heavy atom. The summed E-state index contributed by atoms with van der Waals surface area (Å²) in [7, 11) is 0. The first-order valence-corrected chi connectivity index (χ1v) is 15.1. The Balaban J connectivity index is 0.000000515. The molecule has 6 rings (SSSR count). The molecule has 2 heterocycles. The molecule has 1 saturated heterocycles. The molecule has 1 fully saturated rings. The molecule has 0 radical (unpaired) electrons. The second-order valence-electron chi connectivity index (χ2n) is 10.7. The molecule has 0 spiro atoms. The summed E-state index contributed by atoms with van der Waals surface area (Å²) in [6.07, 6.45) is -3.10. The minimum Gasteiger partial charge on any atom is -0.475 e. The molecule has 45 heavy (non-hydrogen) atoms. The molecule has 1 aliphatic rings. The zero-order valence-electron chi connectivity index (χ0n) is 24.0. The Kier molecular flexibility index (Phi) is 9.97. The fraction of sp³-hybridized carbons (Fsp3) is 0.200. The molecule has 10 heteroatoms. The molecule has 1 N–H and O–H groups in total. The summed E-state index contributed by atoms with van der Waals surface area (Å²) >= 11 is 13.1. The number of fused-ring (bicyclic) bond motifs is 1. The summed E-state index contributed by atoms with van der Waals surface area (Å²) in [6.45, 7) is 2.64. The lowest BCUT2D eigenvalue weighted by molar-refractivity contribution is -0.192. The number of carbonyl (C=O) groups excluding carboxylic acids is 1. The van der Waals surface area contributed by atoms with E-state index >= 15 is 0 Å². The number of carboxylic acid groups (broad SMARTS) is 1. The number of hydrogen-bond donors (Lipinski definition) is 1. The van der Waals surface area contributed by atoms with Crippen LogP contribution in [0.1, 0.15) is 40.2 Å². The Hall–Kier alpha value is -4.11. The van der Waals surface area contributed by atoms with E-state index in [0.29, 0.717) is 11.5 Å². The average molecular weight is 654 g/mol. The van der Waals surface area contributed by atoms with Crippen LogP contribution in [0.3, 0.4) is 0 Å². The van der Waals surface area contributed by atoms with Gasteiger partial charge in [0.2, 0.25) is 0 Å². The number of carbonyl (C=O) groups is 2. The van der Waals surface area contributed by atoms with Crippen LogP contribution in [0.2, 0.25) is 10.0 Å². The number of benzene rings is 4. The summed E-state index contributed by atoms with van der Waals surface area (Å²) < 4.78 is 33.6. The first-order chi connectivity index (χ1) is 21.6. The number of alkyl halides is 3. The van der Waals surface area contributed by atoms with Gasteiger partial charge in [-0.2, -0.15) is 13.2 Å². The summed E-state index contributed by atoms with van der Waals surface area (Å²) in [4.78, 5) is 25.3. The van der Waals surface area contributed by atoms with E-state index in [9.17, 15) is 18.0 Å². The van der Waals surface area contributed by atoms with Crippen molar-refractivity contribution in [2.75, 3.05) is 13.1 Å². The maximum absolute atomic E-state index is 13.9. The van der Waals surface area contributed by atoms with Gasteiger partial charge in [0, 0.05) is 33.1 Å². The van der Waals surface area contributed by atoms with Crippen molar-refractivity contribution in [3.63, 3.8) is 0 Å². The van der Waals surface area contributed by atoms with Gasteiger partial charge in [0.1, 0.15) is 0 Å². The van der Waals surface area contributed by atoms with Gasteiger partial charge in [-0.1, -0.05) is 96.0 Å². The number of rotatable bonds is 5. The maximum atomic E-state index is 13.9. The Labute approximate surface area is 268 Å². The van der Waals surface area contributed by atoms with Gasteiger partial charge in [-0.05, 0) is 73.3 Å². The van der Waals surface area contributed by atoms with Crippen LogP contribution < -0.4 is 0 Å². The number of aliphatic carboxylic acids is 1. The third kappa shape index (κ3) is 7.25. The van der Waals surface area contributed by atoms with Crippen molar-refractivity contribution in [1.29, 1.82) is 0 Å². The summed E-state index contributed by atoms with van der Waals surface area (Å²) in [5, 5.41) is 9.75. The Bertz CT molecular complexity index is 1780. The zero-order valence-corrected chi connectivity index (χ0v) is 25.5. The van der Waals surface area contributed by atoms with Crippen LogP contribution in [0, 0.1) is 0 Å². The van der Waals surface area contributed by atoms with Gasteiger partial charge in [0.25, 0.3) is 5.91 Å². The number of hydrogen-bond acceptors (Lipinski definition) is 3. The number of likely N-dealkylation sites (tertiary alicyclic amines) is 1. The van der Waals surface area contributed by atoms with Crippen molar-refractivity contribution >= 4 is 46.0 Å². The van der Waals surface area contributed by atoms with E-state index in [1.165, 1.54) is 5.56 Å². The highest BCUT2D eigenvalue weighted by Gasteiger charge is 2.38. The predicted molar refractivity (Wildman–Crippen MR) is 171 cm³/mol. The third-order valence-electron chi connectivity index (χ3n) is 7.87. The van der Waals surface area contributed by atoms with E-state index < -0.39 is 12.1 Å². The lowest BCUT2D eigenvalue weighted by atomic mass is 9.89. The SMILES string of the molecule is O=C(O)C(F)(F)F.O=C(c1ccccc1)n1c(-c2ccccc2)c(CN2CCC(c3c(Cl)cccc3Cl)CC2)c2ccccc21. The van der Waals surface area contributed by atoms with Crippen LogP contribution in [-0.4, -0.2) is 45.7 Å². The third-order valence-corrected chi connectivity index (χ3v) is 8.53. The van der Waals surface area contributed by atoms with Gasteiger partial charge in [-0.25, -0.2) is 4.79 Å². The van der Waals surface area contributed by atoms with Crippen LogP contribution in [0.4, 0.5) is 13.2 Å². The van der Waals surface area contributed by atoms with E-state index in [0.717, 1.165) is 70.2 Å². The van der Waals surface area contributed by atoms with Crippen LogP contribution in [0.15, 0.2) is 103 Å². The van der Waals surface area contributed by atoms with Crippen molar-refractivity contribution in [3.8, 4) is 11.3 Å². The Morgan fingerprint density at radius 2 is 1.31 bits per heavy atom. The second-order valence-corrected chi connectivity index (χ2v) is 11.5. The van der Waals surface area contributed by atoms with Gasteiger partial charge < -0.3 is 5.11 Å². The number of aromatic nitrogens is 1. The van der Waals surface area contributed by atoms with Gasteiger partial charge in [0.05, 0.1) is 11.2 Å². The lowest BCUT2D eigenvalue weighted by Crippen LogP contribution is -2.32. The van der Waals surface area contributed by atoms with Gasteiger partial charge >= 0.3 is 12.1 Å². The zero-order chi connectivity index (χ0) is 32.1. The molecular weight excluding hydrogens is 624 g/mol. The molecule has 0 saturated carbocycles. The van der Waals surface area contributed by atoms with Gasteiger partial charge in [-0.3, -0.25) is 14.3 Å². The highest BCUT2D eigenvalue weighted by atomic mass is 35.5. The fourth-order valence-electron chi connectivity index (χ4n) is 5.79. The highest BCUT2D eigenvalue weighted by Crippen LogP contribution is 2.40. The first kappa shape index (κ1) is 32.3. The van der Waals surface area contributed by atoms with Crippen LogP contribution in [0.5, 0.6) is 0 Å². The van der Waals surface area contributed by atoms with Crippen molar-refractivity contribution < 1.29 is 27.9 Å². The van der Waals surface area contributed by atoms with Crippen molar-refractivity contribution in [1.82, 2.24) is 9.47 Å². The van der Waals surface area contributed by atoms with E-state index in [-0.39, 0.29) is 5.91 Å². The largest absolute Gasteiger partial charge is 0.490 e. The molecule has 4 aromatic carbocycles. The minimum absolute atomic E-state index is 0.0148. The number of nitrogens with zero attached hydrogens (tertiary/aromatic N) is 2. The molecule has 0 unspecified atom stereocenters. The smallest absolute Gasteiger partial charge is 0.475 e. The molecule has 0 aliphatic carbocycles. The molecule has 0 amide bonds. The van der Waals surface area contributed by atoms with Crippen molar-refractivity contribution in [3.05, 3.63) is 130 Å². The standard InChI is InChI=1S/C33H28Cl2N2O.C2HF3O2/c34-28-15-9-16-29(35)31(28)23-18-20-36(21-19-23)22-27-26-14-7-8-17-30(26)37(32(27)24-10-3-1-4-11-24)33(38)25-12-5-2-6-13-25;3-2(4,5)1(6)7/h1-17,23H,18-22H2;(H,6,7). The maximum Gasteiger partial charge on any atom is 0.490 e. The summed E-state index contributed by atoms with van der Waals surface area (Å²) in [5.41, 5.74) is 5.89. The molecule has 232 valence electrons. The van der Waals surface area contributed by atoms with E-state index in [1.54, 1.807) is 0 Å². The number of carboxylic acids is 1. The number of halogens is 5. The molecule has 5 nitrogen and oxygen atoms in total. The monoisotopic (exact) mass is 652 g/mol. The Morgan fingerprint density at radius 1 is 0.778 bits per heavy atom. The average Bonchev–Trinajstić information content (AvgIpc) is 3.36. The van der Waals surface area contributed by atoms with Crippen LogP contribution in [-0.2, 0) is 11.3 Å². The van der Waals surface area contributed by atoms with Gasteiger partial charge in [-0.15, -0.1) is 0 Å². The van der Waals surface area contributed by atoms with Crippen molar-refractivity contribution in [2.24, 2.45) is 0 Å². The topological polar surface area (TPSA) is 62.5 Å². The lowest BCUT2D eigenvalue weighted by Gasteiger charge is -2.33. The van der Waals surface area contributed by atoms with Crippen molar-refractivity contribution in [2.45, 2.75) is 31.5 Å². The van der Waals surface area contributed by atoms with E-state index in [4.69, 9.17) is 33.1 Å². The van der Waals surface area contributed by atoms with Crippen LogP contribution in [0.25, 0.3) is 22.2 Å². The highest BCUT2D eigenvalue weighted by molar-refractivity contribution is 6.36. The fourth-order valence-corrected chi connectivity index (χ4v) is 6.50. The second kappa shape index (κ2) is 13.9. The number of piperidine rings is 1. The predicted octanol–water partition coefficient (Wildman–Crippen LogP) is 9.32. The molecule has 5 aromatic rings. The molecule has 0 atom stereocenters. The summed E-state index contributed by atoms with van der Waals surface area (Å²) in [5.74, 6) is -2.42. The summed E-state index contributed by atoms with van der Waals surface area (Å²) in [6, 6.07) is 33.8.